The number of nitrogens with two attached hydrogens (primary N) is 1. The van der Waals surface area contributed by atoms with E-state index in [0.717, 1.165) is 19.3 Å². The van der Waals surface area contributed by atoms with Crippen LogP contribution in [0.3, 0.4) is 0 Å². The van der Waals surface area contributed by atoms with E-state index in [2.05, 4.69) is 0 Å². The van der Waals surface area contributed by atoms with E-state index >= 15 is 0 Å². The molecule has 1 fully saturated rings. The summed E-state index contributed by atoms with van der Waals surface area (Å²) < 4.78 is 24.0. The van der Waals surface area contributed by atoms with Crippen molar-refractivity contribution in [3.8, 4) is 0 Å². The molecule has 100 valence electrons. The predicted molar refractivity (Wildman–Crippen MR) is 67.3 cm³/mol. The van der Waals surface area contributed by atoms with Crippen LogP contribution in [0.25, 0.3) is 0 Å². The van der Waals surface area contributed by atoms with E-state index in [1.54, 1.807) is 11.8 Å². The van der Waals surface area contributed by atoms with Gasteiger partial charge in [0.15, 0.2) is 9.84 Å². The van der Waals surface area contributed by atoms with Crippen LogP contribution in [0.15, 0.2) is 0 Å². The molecule has 0 spiro atoms. The van der Waals surface area contributed by atoms with Crippen molar-refractivity contribution in [2.24, 2.45) is 5.73 Å². The van der Waals surface area contributed by atoms with Crippen LogP contribution in [-0.4, -0.2) is 49.4 Å². The molecule has 6 heteroatoms. The van der Waals surface area contributed by atoms with Crippen molar-refractivity contribution in [3.05, 3.63) is 0 Å². The first-order chi connectivity index (χ1) is 7.91. The minimum Gasteiger partial charge on any atom is -0.342 e. The number of carbonyl (C=O) groups excluding carboxylic acids is 1. The molecule has 17 heavy (non-hydrogen) atoms. The topological polar surface area (TPSA) is 80.5 Å². The molecular formula is C11H22N2O3S. The number of nitrogens with zero attached hydrogens (tertiary/aromatic N) is 1. The number of sulfone groups is 1. The lowest BCUT2D eigenvalue weighted by atomic mass is 10.1. The standard InChI is InChI=1S/C11H22N2O3S/c1-9(8-12)17(15,16)10(2)11(14)13-6-4-3-5-7-13/h9-10H,3-8,12H2,1-2H3. The first kappa shape index (κ1) is 14.4. The fraction of sp³-hybridized carbons (Fsp3) is 0.909. The smallest absolute Gasteiger partial charge is 0.240 e. The van der Waals surface area contributed by atoms with Crippen molar-refractivity contribution < 1.29 is 13.2 Å². The third-order valence-corrected chi connectivity index (χ3v) is 5.90. The van der Waals surface area contributed by atoms with E-state index in [9.17, 15) is 13.2 Å². The molecule has 2 atom stereocenters. The molecule has 0 aliphatic carbocycles. The molecule has 2 unspecified atom stereocenters. The SMILES string of the molecule is CC(CN)S(=O)(=O)C(C)C(=O)N1CCCCC1. The van der Waals surface area contributed by atoms with Crippen LogP contribution in [0.2, 0.25) is 0 Å². The highest BCUT2D eigenvalue weighted by atomic mass is 32.2. The van der Waals surface area contributed by atoms with Gasteiger partial charge in [-0.25, -0.2) is 8.42 Å². The monoisotopic (exact) mass is 262 g/mol. The zero-order valence-corrected chi connectivity index (χ0v) is 11.4. The van der Waals surface area contributed by atoms with Crippen molar-refractivity contribution in [1.29, 1.82) is 0 Å². The number of hydrogen-bond donors (Lipinski definition) is 1. The molecule has 1 saturated heterocycles. The number of carbonyl (C=O) groups is 1. The number of likely N-dealkylation sites (tertiary alicyclic amines) is 1. The van der Waals surface area contributed by atoms with Crippen molar-refractivity contribution in [1.82, 2.24) is 4.90 Å². The molecule has 0 aromatic heterocycles. The van der Waals surface area contributed by atoms with Gasteiger partial charge in [0.25, 0.3) is 0 Å². The molecule has 0 bridgehead atoms. The third-order valence-electron chi connectivity index (χ3n) is 3.40. The maximum Gasteiger partial charge on any atom is 0.240 e. The summed E-state index contributed by atoms with van der Waals surface area (Å²) in [6.07, 6.45) is 3.04. The van der Waals surface area contributed by atoms with Crippen LogP contribution in [-0.2, 0) is 14.6 Å². The van der Waals surface area contributed by atoms with Crippen molar-refractivity contribution in [3.63, 3.8) is 0 Å². The number of piperidine rings is 1. The first-order valence-electron chi connectivity index (χ1n) is 6.12. The molecule has 1 aliphatic heterocycles. The lowest BCUT2D eigenvalue weighted by Crippen LogP contribution is -2.47. The lowest BCUT2D eigenvalue weighted by molar-refractivity contribution is -0.131. The average molecular weight is 262 g/mol. The van der Waals surface area contributed by atoms with Crippen LogP contribution in [0.5, 0.6) is 0 Å². The first-order valence-corrected chi connectivity index (χ1v) is 7.73. The summed E-state index contributed by atoms with van der Waals surface area (Å²) in [6.45, 7) is 4.43. The van der Waals surface area contributed by atoms with Crippen LogP contribution < -0.4 is 5.73 Å². The minimum atomic E-state index is -3.45. The second-order valence-corrected chi connectivity index (χ2v) is 7.35. The molecule has 1 amide bonds. The highest BCUT2D eigenvalue weighted by Gasteiger charge is 2.35. The van der Waals surface area contributed by atoms with Gasteiger partial charge in [0, 0.05) is 19.6 Å². The summed E-state index contributed by atoms with van der Waals surface area (Å²) in [5.41, 5.74) is 5.37. The van der Waals surface area contributed by atoms with Crippen LogP contribution in [0.1, 0.15) is 33.1 Å². The van der Waals surface area contributed by atoms with Gasteiger partial charge >= 0.3 is 0 Å². The molecule has 2 N–H and O–H groups in total. The highest BCUT2D eigenvalue weighted by molar-refractivity contribution is 7.93. The van der Waals surface area contributed by atoms with Gasteiger partial charge in [-0.15, -0.1) is 0 Å². The number of hydrogen-bond acceptors (Lipinski definition) is 4. The van der Waals surface area contributed by atoms with Gasteiger partial charge < -0.3 is 10.6 Å². The summed E-state index contributed by atoms with van der Waals surface area (Å²) in [5, 5.41) is -1.63. The molecular weight excluding hydrogens is 240 g/mol. The van der Waals surface area contributed by atoms with E-state index in [0.29, 0.717) is 13.1 Å². The van der Waals surface area contributed by atoms with Gasteiger partial charge in [-0.05, 0) is 33.1 Å². The molecule has 0 aromatic rings. The molecule has 0 aromatic carbocycles. The second-order valence-electron chi connectivity index (χ2n) is 4.66. The third kappa shape index (κ3) is 3.19. The predicted octanol–water partition coefficient (Wildman–Crippen LogP) is 0.149. The van der Waals surface area contributed by atoms with Crippen LogP contribution in [0.4, 0.5) is 0 Å². The molecule has 5 nitrogen and oxygen atoms in total. The lowest BCUT2D eigenvalue weighted by Gasteiger charge is -2.29. The molecule has 0 saturated carbocycles. The zero-order chi connectivity index (χ0) is 13.1. The van der Waals surface area contributed by atoms with Crippen LogP contribution >= 0.6 is 0 Å². The second kappa shape index (κ2) is 5.82. The van der Waals surface area contributed by atoms with Crippen molar-refractivity contribution in [2.45, 2.75) is 43.6 Å². The minimum absolute atomic E-state index is 0.0555. The Hall–Kier alpha value is -0.620. The zero-order valence-electron chi connectivity index (χ0n) is 10.6. The average Bonchev–Trinajstić information content (AvgIpc) is 2.36. The Morgan fingerprint density at radius 2 is 1.76 bits per heavy atom. The maximum absolute atomic E-state index is 12.1. The Balaban J connectivity index is 2.74. The van der Waals surface area contributed by atoms with E-state index in [1.807, 2.05) is 0 Å². The molecule has 1 rings (SSSR count). The Labute approximate surface area is 103 Å². The summed E-state index contributed by atoms with van der Waals surface area (Å²) in [7, 11) is -3.45. The van der Waals surface area contributed by atoms with E-state index < -0.39 is 20.3 Å². The fourth-order valence-corrected chi connectivity index (χ4v) is 3.39. The quantitative estimate of drug-likeness (QED) is 0.782. The maximum atomic E-state index is 12.1. The Morgan fingerprint density at radius 3 is 2.24 bits per heavy atom. The molecule has 1 heterocycles. The van der Waals surface area contributed by atoms with Gasteiger partial charge in [0.2, 0.25) is 5.91 Å². The highest BCUT2D eigenvalue weighted by Crippen LogP contribution is 2.15. The largest absolute Gasteiger partial charge is 0.342 e. The normalized spacial score (nSPS) is 21.0. The summed E-state index contributed by atoms with van der Waals surface area (Å²) >= 11 is 0. The van der Waals surface area contributed by atoms with Crippen molar-refractivity contribution >= 4 is 15.7 Å². The Bertz CT molecular complexity index is 361. The Morgan fingerprint density at radius 1 is 1.24 bits per heavy atom. The van der Waals surface area contributed by atoms with E-state index in [-0.39, 0.29) is 12.5 Å². The Kier molecular flexibility index (Phi) is 4.94. The van der Waals surface area contributed by atoms with Gasteiger partial charge in [-0.1, -0.05) is 0 Å². The van der Waals surface area contributed by atoms with E-state index in [4.69, 9.17) is 5.73 Å². The summed E-state index contributed by atoms with van der Waals surface area (Å²) in [6, 6.07) is 0. The molecule has 0 radical (unpaired) electrons. The van der Waals surface area contributed by atoms with Crippen molar-refractivity contribution in [2.75, 3.05) is 19.6 Å². The van der Waals surface area contributed by atoms with Crippen LogP contribution in [0, 0.1) is 0 Å². The molecule has 1 aliphatic rings. The van der Waals surface area contributed by atoms with Gasteiger partial charge in [0.05, 0.1) is 5.25 Å². The number of amides is 1. The van der Waals surface area contributed by atoms with Gasteiger partial charge in [0.1, 0.15) is 5.25 Å². The van der Waals surface area contributed by atoms with Gasteiger partial charge in [-0.2, -0.15) is 0 Å². The summed E-state index contributed by atoms with van der Waals surface area (Å²) in [4.78, 5) is 13.7. The fourth-order valence-electron chi connectivity index (χ4n) is 1.99. The number of rotatable bonds is 4. The summed E-state index contributed by atoms with van der Waals surface area (Å²) in [5.74, 6) is -0.273. The van der Waals surface area contributed by atoms with E-state index in [1.165, 1.54) is 6.92 Å². The van der Waals surface area contributed by atoms with Gasteiger partial charge in [-0.3, -0.25) is 4.79 Å².